The van der Waals surface area contributed by atoms with Crippen molar-refractivity contribution in [3.05, 3.63) is 12.2 Å². The molecule has 72 valence electrons. The Morgan fingerprint density at radius 3 is 2.08 bits per heavy atom. The van der Waals surface area contributed by atoms with Crippen LogP contribution in [0.25, 0.3) is 0 Å². The van der Waals surface area contributed by atoms with Gasteiger partial charge in [-0.2, -0.15) is 0 Å². The molecule has 1 rings (SSSR count). The molecule has 0 fully saturated rings. The van der Waals surface area contributed by atoms with E-state index < -0.39 is 17.7 Å². The molecule has 0 saturated carbocycles. The summed E-state index contributed by atoms with van der Waals surface area (Å²) in [5.74, 6) is -2.04. The second-order valence-corrected chi connectivity index (χ2v) is 2.94. The lowest BCUT2D eigenvalue weighted by Crippen LogP contribution is -2.35. The van der Waals surface area contributed by atoms with Crippen molar-refractivity contribution in [3.8, 4) is 0 Å². The SMILES string of the molecule is CC(=O)OC1(OC(C)=O)C=CCC1. The number of hydrogen-bond acceptors (Lipinski definition) is 4. The summed E-state index contributed by atoms with van der Waals surface area (Å²) in [6.45, 7) is 2.58. The highest BCUT2D eigenvalue weighted by atomic mass is 16.7. The Hall–Kier alpha value is -1.32. The maximum atomic E-state index is 10.7. The lowest BCUT2D eigenvalue weighted by atomic mass is 10.2. The van der Waals surface area contributed by atoms with E-state index >= 15 is 0 Å². The van der Waals surface area contributed by atoms with Crippen molar-refractivity contribution in [2.75, 3.05) is 0 Å². The predicted molar refractivity (Wildman–Crippen MR) is 44.6 cm³/mol. The summed E-state index contributed by atoms with van der Waals surface area (Å²) in [4.78, 5) is 21.5. The standard InChI is InChI=1S/C9H12O4/c1-7(10)12-9(13-8(2)11)5-3-4-6-9/h3,5H,4,6H2,1-2H3. The topological polar surface area (TPSA) is 52.6 Å². The summed E-state index contributed by atoms with van der Waals surface area (Å²) in [5.41, 5.74) is 0. The molecule has 0 heterocycles. The van der Waals surface area contributed by atoms with Gasteiger partial charge in [-0.3, -0.25) is 9.59 Å². The third kappa shape index (κ3) is 2.57. The fraction of sp³-hybridized carbons (Fsp3) is 0.556. The Balaban J connectivity index is 2.69. The van der Waals surface area contributed by atoms with Gasteiger partial charge < -0.3 is 9.47 Å². The number of hydrogen-bond donors (Lipinski definition) is 0. The van der Waals surface area contributed by atoms with Crippen LogP contribution in [0.2, 0.25) is 0 Å². The first kappa shape index (κ1) is 9.77. The van der Waals surface area contributed by atoms with E-state index in [1.807, 2.05) is 6.08 Å². The first-order valence-electron chi connectivity index (χ1n) is 4.11. The number of carbonyl (C=O) groups is 2. The minimum atomic E-state index is -1.14. The first-order valence-corrected chi connectivity index (χ1v) is 4.11. The van der Waals surface area contributed by atoms with Crippen LogP contribution in [-0.2, 0) is 19.1 Å². The molecule has 0 aliphatic heterocycles. The van der Waals surface area contributed by atoms with Crippen LogP contribution in [0, 0.1) is 0 Å². The summed E-state index contributed by atoms with van der Waals surface area (Å²) in [6, 6.07) is 0. The van der Waals surface area contributed by atoms with E-state index in [1.165, 1.54) is 13.8 Å². The van der Waals surface area contributed by atoms with E-state index in [4.69, 9.17) is 9.47 Å². The second kappa shape index (κ2) is 3.60. The Bertz CT molecular complexity index is 238. The van der Waals surface area contributed by atoms with Crippen molar-refractivity contribution in [1.82, 2.24) is 0 Å². The molecule has 0 N–H and O–H groups in total. The number of allylic oxidation sites excluding steroid dienone is 1. The van der Waals surface area contributed by atoms with E-state index in [0.29, 0.717) is 6.42 Å². The van der Waals surface area contributed by atoms with Crippen molar-refractivity contribution in [2.24, 2.45) is 0 Å². The van der Waals surface area contributed by atoms with Gasteiger partial charge in [-0.15, -0.1) is 0 Å². The van der Waals surface area contributed by atoms with E-state index in [9.17, 15) is 9.59 Å². The van der Waals surface area contributed by atoms with Crippen molar-refractivity contribution in [2.45, 2.75) is 32.5 Å². The lowest BCUT2D eigenvalue weighted by Gasteiger charge is -2.25. The fourth-order valence-corrected chi connectivity index (χ4v) is 1.31. The third-order valence-corrected chi connectivity index (χ3v) is 1.66. The summed E-state index contributed by atoms with van der Waals surface area (Å²) in [6.07, 6.45) is 4.69. The molecule has 0 radical (unpaired) electrons. The van der Waals surface area contributed by atoms with Crippen LogP contribution >= 0.6 is 0 Å². The lowest BCUT2D eigenvalue weighted by molar-refractivity contribution is -0.208. The van der Waals surface area contributed by atoms with Crippen molar-refractivity contribution in [3.63, 3.8) is 0 Å². The molecule has 4 heteroatoms. The Morgan fingerprint density at radius 1 is 1.23 bits per heavy atom. The molecule has 1 aliphatic carbocycles. The van der Waals surface area contributed by atoms with Crippen LogP contribution in [0.15, 0.2) is 12.2 Å². The van der Waals surface area contributed by atoms with Gasteiger partial charge in [0.2, 0.25) is 0 Å². The summed E-state index contributed by atoms with van der Waals surface area (Å²) >= 11 is 0. The monoisotopic (exact) mass is 184 g/mol. The summed E-state index contributed by atoms with van der Waals surface area (Å²) < 4.78 is 9.88. The van der Waals surface area contributed by atoms with Gasteiger partial charge in [0, 0.05) is 20.3 Å². The average Bonchev–Trinajstić information content (AvgIpc) is 2.33. The number of ether oxygens (including phenoxy) is 2. The number of esters is 2. The quantitative estimate of drug-likeness (QED) is 0.367. The highest BCUT2D eigenvalue weighted by Crippen LogP contribution is 2.28. The van der Waals surface area contributed by atoms with Gasteiger partial charge in [-0.25, -0.2) is 0 Å². The molecule has 0 atom stereocenters. The molecule has 1 aliphatic rings. The first-order chi connectivity index (χ1) is 6.04. The van der Waals surface area contributed by atoms with Crippen molar-refractivity contribution < 1.29 is 19.1 Å². The van der Waals surface area contributed by atoms with E-state index in [1.54, 1.807) is 6.08 Å². The highest BCUT2D eigenvalue weighted by Gasteiger charge is 2.36. The molecular weight excluding hydrogens is 172 g/mol. The predicted octanol–water partition coefficient (Wildman–Crippen LogP) is 1.16. The van der Waals surface area contributed by atoms with Crippen LogP contribution in [0.3, 0.4) is 0 Å². The highest BCUT2D eigenvalue weighted by molar-refractivity contribution is 5.69. The number of carbonyl (C=O) groups excluding carboxylic acids is 2. The zero-order valence-electron chi connectivity index (χ0n) is 7.70. The average molecular weight is 184 g/mol. The largest absolute Gasteiger partial charge is 0.419 e. The molecule has 0 bridgehead atoms. The van der Waals surface area contributed by atoms with E-state index in [-0.39, 0.29) is 0 Å². The molecule has 0 spiro atoms. The maximum Gasteiger partial charge on any atom is 0.306 e. The third-order valence-electron chi connectivity index (χ3n) is 1.66. The van der Waals surface area contributed by atoms with E-state index in [2.05, 4.69) is 0 Å². The van der Waals surface area contributed by atoms with Gasteiger partial charge in [0.05, 0.1) is 0 Å². The van der Waals surface area contributed by atoms with Crippen LogP contribution in [0.4, 0.5) is 0 Å². The molecule has 0 aromatic heterocycles. The molecule has 13 heavy (non-hydrogen) atoms. The van der Waals surface area contributed by atoms with Crippen molar-refractivity contribution in [1.29, 1.82) is 0 Å². The molecule has 0 aromatic rings. The van der Waals surface area contributed by atoms with Gasteiger partial charge in [0.15, 0.2) is 0 Å². The molecule has 0 unspecified atom stereocenters. The molecule has 0 aromatic carbocycles. The molecular formula is C9H12O4. The summed E-state index contributed by atoms with van der Waals surface area (Å²) in [5, 5.41) is 0. The van der Waals surface area contributed by atoms with Gasteiger partial charge in [-0.1, -0.05) is 6.08 Å². The maximum absolute atomic E-state index is 10.7. The normalized spacial score (nSPS) is 18.3. The zero-order valence-corrected chi connectivity index (χ0v) is 7.70. The Kier molecular flexibility index (Phi) is 2.70. The van der Waals surface area contributed by atoms with Crippen LogP contribution in [0.1, 0.15) is 26.7 Å². The van der Waals surface area contributed by atoms with Gasteiger partial charge in [0.25, 0.3) is 5.79 Å². The Labute approximate surface area is 76.5 Å². The van der Waals surface area contributed by atoms with Crippen molar-refractivity contribution >= 4 is 11.9 Å². The smallest absolute Gasteiger partial charge is 0.306 e. The molecule has 4 nitrogen and oxygen atoms in total. The minimum absolute atomic E-state index is 0.451. The van der Waals surface area contributed by atoms with E-state index in [0.717, 1.165) is 6.42 Å². The fourth-order valence-electron chi connectivity index (χ4n) is 1.31. The molecule has 0 amide bonds. The van der Waals surface area contributed by atoms with Gasteiger partial charge >= 0.3 is 11.9 Å². The zero-order chi connectivity index (χ0) is 9.90. The summed E-state index contributed by atoms with van der Waals surface area (Å²) in [7, 11) is 0. The second-order valence-electron chi connectivity index (χ2n) is 2.94. The van der Waals surface area contributed by atoms with Crippen LogP contribution in [0.5, 0.6) is 0 Å². The number of rotatable bonds is 2. The van der Waals surface area contributed by atoms with Gasteiger partial charge in [-0.05, 0) is 12.5 Å². The van der Waals surface area contributed by atoms with Crippen LogP contribution in [-0.4, -0.2) is 17.7 Å². The molecule has 0 saturated heterocycles. The van der Waals surface area contributed by atoms with Gasteiger partial charge in [0.1, 0.15) is 0 Å². The minimum Gasteiger partial charge on any atom is -0.419 e. The van der Waals surface area contributed by atoms with Crippen LogP contribution < -0.4 is 0 Å². The Morgan fingerprint density at radius 2 is 1.77 bits per heavy atom.